The Hall–Kier alpha value is -3.36. The number of aromatic nitrogens is 2. The molecule has 14 heteroatoms. The summed E-state index contributed by atoms with van der Waals surface area (Å²) < 4.78 is 86.4. The van der Waals surface area contributed by atoms with E-state index in [-0.39, 0.29) is 36.2 Å². The number of carbonyl (C=O) groups is 1. The van der Waals surface area contributed by atoms with Crippen LogP contribution < -0.4 is 5.32 Å². The van der Waals surface area contributed by atoms with Gasteiger partial charge < -0.3 is 15.0 Å². The van der Waals surface area contributed by atoms with Crippen LogP contribution in [0.2, 0.25) is 0 Å². The molecular weight excluding hydrogens is 572 g/mol. The lowest BCUT2D eigenvalue weighted by Crippen LogP contribution is -2.36. The number of aliphatic imine (C=N–C) groups is 1. The van der Waals surface area contributed by atoms with Gasteiger partial charge in [0, 0.05) is 38.2 Å². The first-order valence-corrected chi connectivity index (χ1v) is 13.4. The number of fused-ring (bicyclic) bond motifs is 1. The number of nitrogens with one attached hydrogen (secondary N) is 1. The first-order chi connectivity index (χ1) is 19.3. The summed E-state index contributed by atoms with van der Waals surface area (Å²) in [6.07, 6.45) is -5.87. The second kappa shape index (κ2) is 11.1. The van der Waals surface area contributed by atoms with E-state index in [1.54, 1.807) is 31.4 Å². The van der Waals surface area contributed by atoms with Crippen molar-refractivity contribution in [3.63, 3.8) is 0 Å². The fourth-order valence-electron chi connectivity index (χ4n) is 4.91. The van der Waals surface area contributed by atoms with Gasteiger partial charge >= 0.3 is 12.4 Å². The van der Waals surface area contributed by atoms with Crippen LogP contribution in [-0.2, 0) is 28.4 Å². The largest absolute Gasteiger partial charge is 0.416 e. The van der Waals surface area contributed by atoms with Crippen LogP contribution in [0, 0.1) is 0 Å². The highest BCUT2D eigenvalue weighted by Gasteiger charge is 2.38. The number of methoxy groups -OCH3 is 1. The van der Waals surface area contributed by atoms with Crippen molar-refractivity contribution in [2.45, 2.75) is 37.4 Å². The Kier molecular flexibility index (Phi) is 7.92. The van der Waals surface area contributed by atoms with E-state index in [4.69, 9.17) is 4.74 Å². The molecule has 41 heavy (non-hydrogen) atoms. The summed E-state index contributed by atoms with van der Waals surface area (Å²) >= 11 is 1.26. The normalized spacial score (nSPS) is 20.8. The van der Waals surface area contributed by atoms with E-state index in [2.05, 4.69) is 15.4 Å². The number of hydrogen-bond acceptors (Lipinski definition) is 6. The maximum absolute atomic E-state index is 13.6. The lowest BCUT2D eigenvalue weighted by molar-refractivity contribution is -0.143. The second-order valence-corrected chi connectivity index (χ2v) is 10.9. The smallest absolute Gasteiger partial charge is 0.383 e. The molecule has 0 saturated carbocycles. The fourth-order valence-corrected chi connectivity index (χ4v) is 5.86. The van der Waals surface area contributed by atoms with Crippen LogP contribution in [0.15, 0.2) is 52.5 Å². The van der Waals surface area contributed by atoms with Crippen molar-refractivity contribution in [3.8, 4) is 0 Å². The molecule has 2 unspecified atom stereocenters. The van der Waals surface area contributed by atoms with Gasteiger partial charge in [-0.3, -0.25) is 9.48 Å². The minimum Gasteiger partial charge on any atom is -0.383 e. The highest BCUT2D eigenvalue weighted by molar-refractivity contribution is 8.18. The average Bonchev–Trinajstić information content (AvgIpc) is 3.62. The van der Waals surface area contributed by atoms with Crippen LogP contribution in [0.1, 0.15) is 28.7 Å². The summed E-state index contributed by atoms with van der Waals surface area (Å²) in [6.45, 7) is 0.964. The van der Waals surface area contributed by atoms with Gasteiger partial charge in [0.25, 0.3) is 5.91 Å². The third kappa shape index (κ3) is 6.28. The van der Waals surface area contributed by atoms with E-state index < -0.39 is 23.5 Å². The summed E-state index contributed by atoms with van der Waals surface area (Å²) in [5.41, 5.74) is -1.92. The number of carbonyl (C=O) groups excluding carboxylic acids is 1. The van der Waals surface area contributed by atoms with E-state index in [9.17, 15) is 31.1 Å². The summed E-state index contributed by atoms with van der Waals surface area (Å²) in [7, 11) is 3.54. The minimum atomic E-state index is -4.97. The molecule has 0 aliphatic carbocycles. The zero-order valence-corrected chi connectivity index (χ0v) is 22.7. The first kappa shape index (κ1) is 29.1. The number of amidine groups is 1. The first-order valence-electron chi connectivity index (χ1n) is 12.5. The second-order valence-electron chi connectivity index (χ2n) is 9.86. The van der Waals surface area contributed by atoms with Gasteiger partial charge in [0.2, 0.25) is 0 Å². The van der Waals surface area contributed by atoms with Crippen molar-refractivity contribution >= 4 is 39.8 Å². The molecule has 218 valence electrons. The number of amides is 1. The number of nitrogens with zero attached hydrogens (tertiary/aromatic N) is 4. The Morgan fingerprint density at radius 2 is 1.93 bits per heavy atom. The van der Waals surface area contributed by atoms with Gasteiger partial charge in [-0.25, -0.2) is 0 Å². The maximum Gasteiger partial charge on any atom is 0.416 e. The van der Waals surface area contributed by atoms with Gasteiger partial charge in [-0.2, -0.15) is 36.4 Å². The molecular formula is C27H25F6N5O2S. The van der Waals surface area contributed by atoms with E-state index in [1.807, 2.05) is 11.9 Å². The summed E-state index contributed by atoms with van der Waals surface area (Å²) in [6, 6.07) is 7.04. The predicted molar refractivity (Wildman–Crippen MR) is 143 cm³/mol. The Balaban J connectivity index is 1.33. The molecule has 1 aromatic heterocycles. The summed E-state index contributed by atoms with van der Waals surface area (Å²) in [5, 5.41) is 8.74. The van der Waals surface area contributed by atoms with E-state index >= 15 is 0 Å². The minimum absolute atomic E-state index is 0.122. The van der Waals surface area contributed by atoms with Crippen molar-refractivity contribution in [2.75, 3.05) is 27.3 Å². The molecule has 1 saturated heterocycles. The lowest BCUT2D eigenvalue weighted by Gasteiger charge is -2.24. The molecule has 1 fully saturated rings. The molecule has 0 bridgehead atoms. The Morgan fingerprint density at radius 1 is 1.15 bits per heavy atom. The molecule has 2 atom stereocenters. The summed E-state index contributed by atoms with van der Waals surface area (Å²) in [4.78, 5) is 19.2. The van der Waals surface area contributed by atoms with Crippen LogP contribution in [-0.4, -0.2) is 65.1 Å². The van der Waals surface area contributed by atoms with Gasteiger partial charge in [0.15, 0.2) is 5.17 Å². The lowest BCUT2D eigenvalue weighted by atomic mass is 10.0. The molecule has 2 aliphatic rings. The Morgan fingerprint density at radius 3 is 2.63 bits per heavy atom. The third-order valence-electron chi connectivity index (χ3n) is 7.05. The van der Waals surface area contributed by atoms with Crippen LogP contribution in [0.4, 0.5) is 26.3 Å². The zero-order valence-electron chi connectivity index (χ0n) is 21.9. The molecule has 2 aromatic carbocycles. The van der Waals surface area contributed by atoms with Gasteiger partial charge in [0.1, 0.15) is 0 Å². The number of hydrogen-bond donors (Lipinski definition) is 1. The Bertz CT molecular complexity index is 1530. The highest BCUT2D eigenvalue weighted by Crippen LogP contribution is 2.38. The molecule has 1 amide bonds. The number of alkyl halides is 6. The number of thioether (sulfide) groups is 1. The van der Waals surface area contributed by atoms with Crippen molar-refractivity contribution in [2.24, 2.45) is 4.99 Å². The molecule has 0 radical (unpaired) electrons. The number of benzene rings is 2. The van der Waals surface area contributed by atoms with Crippen molar-refractivity contribution < 1.29 is 35.9 Å². The number of likely N-dealkylation sites (N-methyl/N-ethyl adjacent to an activating group) is 1. The monoisotopic (exact) mass is 597 g/mol. The number of halogens is 6. The molecule has 2 aliphatic heterocycles. The number of rotatable bonds is 6. The third-order valence-corrected chi connectivity index (χ3v) is 8.13. The number of ether oxygens (including phenoxy) is 1. The van der Waals surface area contributed by atoms with Gasteiger partial charge in [0.05, 0.1) is 40.9 Å². The molecule has 0 spiro atoms. The standard InChI is InChI=1S/C27H25F6N5O2S/c1-37(20-10-19(14-40-2)34-12-20)25-36-24(39)23(41-25)8-15-3-6-22-17(7-15)11-35-38(22)13-16-4-5-18(26(28,29)30)9-21(16)27(31,32)33/h3-9,11,19-20,34H,10,12-14H2,1-2H3. The predicted octanol–water partition coefficient (Wildman–Crippen LogP) is 5.40. The molecule has 3 aromatic rings. The molecule has 7 nitrogen and oxygen atoms in total. The van der Waals surface area contributed by atoms with E-state index in [0.717, 1.165) is 19.0 Å². The van der Waals surface area contributed by atoms with E-state index in [0.29, 0.717) is 39.2 Å². The molecule has 5 rings (SSSR count). The van der Waals surface area contributed by atoms with E-state index in [1.165, 1.54) is 22.6 Å². The quantitative estimate of drug-likeness (QED) is 0.303. The van der Waals surface area contributed by atoms with Crippen LogP contribution in [0.3, 0.4) is 0 Å². The topological polar surface area (TPSA) is 71.8 Å². The van der Waals surface area contributed by atoms with Gasteiger partial charge in [-0.15, -0.1) is 0 Å². The van der Waals surface area contributed by atoms with Crippen molar-refractivity contribution in [1.82, 2.24) is 20.0 Å². The maximum atomic E-state index is 13.6. The summed E-state index contributed by atoms with van der Waals surface area (Å²) in [5.74, 6) is -0.367. The van der Waals surface area contributed by atoms with Crippen LogP contribution in [0.5, 0.6) is 0 Å². The van der Waals surface area contributed by atoms with Crippen LogP contribution in [0.25, 0.3) is 17.0 Å². The average molecular weight is 598 g/mol. The SMILES string of the molecule is COCC1CC(N(C)C2=NC(=O)C(=Cc3ccc4c(cnn4Cc4ccc(C(F)(F)F)cc4C(F)(F)F)c3)S2)CN1. The van der Waals surface area contributed by atoms with Crippen molar-refractivity contribution in [3.05, 3.63) is 69.8 Å². The van der Waals surface area contributed by atoms with Gasteiger partial charge in [-0.05, 0) is 59.7 Å². The van der Waals surface area contributed by atoms with Crippen molar-refractivity contribution in [1.29, 1.82) is 0 Å². The zero-order chi connectivity index (χ0) is 29.5. The Labute approximate surface area is 235 Å². The van der Waals surface area contributed by atoms with Crippen LogP contribution >= 0.6 is 11.8 Å². The molecule has 3 heterocycles. The highest BCUT2D eigenvalue weighted by atomic mass is 32.2. The molecule has 1 N–H and O–H groups in total. The fraction of sp³-hybridized carbons (Fsp3) is 0.370. The van der Waals surface area contributed by atoms with Gasteiger partial charge in [-0.1, -0.05) is 12.1 Å².